The van der Waals surface area contributed by atoms with Crippen molar-refractivity contribution in [3.05, 3.63) is 29.8 Å². The lowest BCUT2D eigenvalue weighted by Crippen LogP contribution is -2.56. The molecule has 1 aromatic rings. The molecule has 1 aromatic carbocycles. The molecular formula is C20H25N3O4S. The monoisotopic (exact) mass is 403 g/mol. The summed E-state index contributed by atoms with van der Waals surface area (Å²) in [6.07, 6.45) is 1.33. The molecule has 3 heterocycles. The molecule has 3 fully saturated rings. The number of thioether (sulfide) groups is 1. The predicted octanol–water partition coefficient (Wildman–Crippen LogP) is 1.43. The predicted molar refractivity (Wildman–Crippen MR) is 106 cm³/mol. The standard InChI is InChI=1S/C20H25N3O4S/c1-20-7-6-17(24)23(20)16(13-28-20)19(26)22-10-8-21(9-11-22)18(25)14-4-3-5-15(12-14)27-2/h3-5,12,16H,6-11,13H2,1-2H3/t16-,20-/m1/s1. The van der Waals surface area contributed by atoms with Gasteiger partial charge in [-0.05, 0) is 31.5 Å². The maximum Gasteiger partial charge on any atom is 0.254 e. The van der Waals surface area contributed by atoms with Crippen molar-refractivity contribution in [3.8, 4) is 5.75 Å². The highest BCUT2D eigenvalue weighted by atomic mass is 32.2. The number of carbonyl (C=O) groups excluding carboxylic acids is 3. The summed E-state index contributed by atoms with van der Waals surface area (Å²) in [5.74, 6) is 1.35. The number of amides is 3. The number of carbonyl (C=O) groups is 3. The minimum atomic E-state index is -0.370. The molecule has 28 heavy (non-hydrogen) atoms. The van der Waals surface area contributed by atoms with Gasteiger partial charge in [-0.25, -0.2) is 0 Å². The van der Waals surface area contributed by atoms with Gasteiger partial charge in [0.1, 0.15) is 11.8 Å². The maximum absolute atomic E-state index is 13.1. The van der Waals surface area contributed by atoms with Gasteiger partial charge in [0.25, 0.3) is 5.91 Å². The maximum atomic E-state index is 13.1. The van der Waals surface area contributed by atoms with Crippen LogP contribution in [0.5, 0.6) is 5.75 Å². The van der Waals surface area contributed by atoms with E-state index in [-0.39, 0.29) is 28.6 Å². The molecule has 0 saturated carbocycles. The van der Waals surface area contributed by atoms with Gasteiger partial charge >= 0.3 is 0 Å². The van der Waals surface area contributed by atoms with Gasteiger partial charge in [-0.3, -0.25) is 14.4 Å². The van der Waals surface area contributed by atoms with E-state index in [1.807, 2.05) is 0 Å². The molecule has 8 heteroatoms. The summed E-state index contributed by atoms with van der Waals surface area (Å²) < 4.78 is 5.19. The van der Waals surface area contributed by atoms with E-state index < -0.39 is 0 Å². The molecule has 0 aromatic heterocycles. The lowest BCUT2D eigenvalue weighted by atomic mass is 10.1. The third kappa shape index (κ3) is 3.23. The molecule has 0 unspecified atom stereocenters. The van der Waals surface area contributed by atoms with E-state index >= 15 is 0 Å². The normalized spacial score (nSPS) is 27.1. The zero-order chi connectivity index (χ0) is 19.9. The van der Waals surface area contributed by atoms with Crippen molar-refractivity contribution in [2.75, 3.05) is 39.0 Å². The average Bonchev–Trinajstić information content (AvgIpc) is 3.22. The molecule has 0 aliphatic carbocycles. The van der Waals surface area contributed by atoms with Crippen LogP contribution in [0, 0.1) is 0 Å². The number of hydrogen-bond donors (Lipinski definition) is 0. The van der Waals surface area contributed by atoms with Crippen LogP contribution < -0.4 is 4.74 Å². The zero-order valence-electron chi connectivity index (χ0n) is 16.2. The van der Waals surface area contributed by atoms with Gasteiger partial charge in [-0.2, -0.15) is 0 Å². The largest absolute Gasteiger partial charge is 0.497 e. The van der Waals surface area contributed by atoms with Crippen molar-refractivity contribution < 1.29 is 19.1 Å². The fourth-order valence-corrected chi connectivity index (χ4v) is 5.71. The van der Waals surface area contributed by atoms with E-state index in [2.05, 4.69) is 6.92 Å². The highest BCUT2D eigenvalue weighted by Crippen LogP contribution is 2.47. The fraction of sp³-hybridized carbons (Fsp3) is 0.550. The van der Waals surface area contributed by atoms with Crippen LogP contribution in [0.1, 0.15) is 30.1 Å². The van der Waals surface area contributed by atoms with Crippen molar-refractivity contribution in [1.29, 1.82) is 0 Å². The van der Waals surface area contributed by atoms with Crippen LogP contribution in [0.3, 0.4) is 0 Å². The summed E-state index contributed by atoms with van der Waals surface area (Å²) in [5, 5.41) is 0. The number of benzene rings is 1. The van der Waals surface area contributed by atoms with Crippen molar-refractivity contribution in [2.45, 2.75) is 30.7 Å². The van der Waals surface area contributed by atoms with Crippen LogP contribution in [-0.2, 0) is 9.59 Å². The zero-order valence-corrected chi connectivity index (χ0v) is 17.0. The van der Waals surface area contributed by atoms with Crippen molar-refractivity contribution in [3.63, 3.8) is 0 Å². The summed E-state index contributed by atoms with van der Waals surface area (Å²) in [4.78, 5) is 43.2. The van der Waals surface area contributed by atoms with Gasteiger partial charge in [0, 0.05) is 43.9 Å². The Labute approximate surface area is 169 Å². The van der Waals surface area contributed by atoms with Crippen LogP contribution >= 0.6 is 11.8 Å². The Morgan fingerprint density at radius 2 is 1.89 bits per heavy atom. The number of piperazine rings is 1. The molecule has 3 aliphatic rings. The number of fused-ring (bicyclic) bond motifs is 1. The van der Waals surface area contributed by atoms with Crippen LogP contribution in [-0.4, -0.2) is 82.4 Å². The van der Waals surface area contributed by atoms with E-state index in [4.69, 9.17) is 4.74 Å². The highest BCUT2D eigenvalue weighted by molar-refractivity contribution is 8.01. The first-order valence-corrected chi connectivity index (χ1v) is 10.6. The third-order valence-corrected chi connectivity index (χ3v) is 7.43. The Bertz CT molecular complexity index is 808. The second kappa shape index (κ2) is 7.31. The van der Waals surface area contributed by atoms with Gasteiger partial charge in [0.2, 0.25) is 11.8 Å². The smallest absolute Gasteiger partial charge is 0.254 e. The summed E-state index contributed by atoms with van der Waals surface area (Å²) in [7, 11) is 1.57. The average molecular weight is 404 g/mol. The molecule has 4 rings (SSSR count). The molecule has 3 aliphatic heterocycles. The summed E-state index contributed by atoms with van der Waals surface area (Å²) in [6, 6.07) is 6.74. The Kier molecular flexibility index (Phi) is 4.99. The Hall–Kier alpha value is -2.22. The molecule has 0 N–H and O–H groups in total. The quantitative estimate of drug-likeness (QED) is 0.764. The van der Waals surface area contributed by atoms with Crippen molar-refractivity contribution >= 4 is 29.5 Å². The Balaban J connectivity index is 1.38. The fourth-order valence-electron chi connectivity index (χ4n) is 4.28. The van der Waals surface area contributed by atoms with Crippen LogP contribution in [0.2, 0.25) is 0 Å². The molecule has 3 saturated heterocycles. The molecule has 0 bridgehead atoms. The Morgan fingerprint density at radius 1 is 1.18 bits per heavy atom. The number of rotatable bonds is 3. The lowest BCUT2D eigenvalue weighted by molar-refractivity contribution is -0.144. The minimum absolute atomic E-state index is 0.0138. The van der Waals surface area contributed by atoms with Gasteiger partial charge in [0.15, 0.2) is 0 Å². The second-order valence-electron chi connectivity index (χ2n) is 7.62. The van der Waals surface area contributed by atoms with Gasteiger partial charge in [-0.15, -0.1) is 11.8 Å². The van der Waals surface area contributed by atoms with Gasteiger partial charge in [-0.1, -0.05) is 6.07 Å². The SMILES string of the molecule is COc1cccc(C(=O)N2CCN(C(=O)[C@H]3CS[C@]4(C)CCC(=O)N34)CC2)c1. The van der Waals surface area contributed by atoms with Gasteiger partial charge in [0.05, 0.1) is 12.0 Å². The lowest BCUT2D eigenvalue weighted by Gasteiger charge is -2.38. The van der Waals surface area contributed by atoms with E-state index in [0.717, 1.165) is 6.42 Å². The van der Waals surface area contributed by atoms with Gasteiger partial charge < -0.3 is 19.4 Å². The van der Waals surface area contributed by atoms with E-state index in [0.29, 0.717) is 49.7 Å². The molecule has 2 atom stereocenters. The van der Waals surface area contributed by atoms with Crippen molar-refractivity contribution in [1.82, 2.24) is 14.7 Å². The van der Waals surface area contributed by atoms with Crippen LogP contribution in [0.15, 0.2) is 24.3 Å². The van der Waals surface area contributed by atoms with E-state index in [9.17, 15) is 14.4 Å². The third-order valence-electron chi connectivity index (χ3n) is 5.93. The molecule has 7 nitrogen and oxygen atoms in total. The topological polar surface area (TPSA) is 70.2 Å². The molecule has 0 radical (unpaired) electrons. The molecular weight excluding hydrogens is 378 g/mol. The summed E-state index contributed by atoms with van der Waals surface area (Å²) in [6.45, 7) is 4.03. The summed E-state index contributed by atoms with van der Waals surface area (Å²) >= 11 is 1.71. The molecule has 3 amide bonds. The highest BCUT2D eigenvalue weighted by Gasteiger charge is 2.53. The number of nitrogens with zero attached hydrogens (tertiary/aromatic N) is 3. The number of methoxy groups -OCH3 is 1. The Morgan fingerprint density at radius 3 is 2.61 bits per heavy atom. The van der Waals surface area contributed by atoms with Crippen LogP contribution in [0.4, 0.5) is 0 Å². The first-order valence-electron chi connectivity index (χ1n) is 9.61. The van der Waals surface area contributed by atoms with Crippen molar-refractivity contribution in [2.24, 2.45) is 0 Å². The summed E-state index contributed by atoms with van der Waals surface area (Å²) in [5.41, 5.74) is 0.588. The second-order valence-corrected chi connectivity index (χ2v) is 9.12. The first kappa shape index (κ1) is 19.1. The minimum Gasteiger partial charge on any atom is -0.497 e. The first-order chi connectivity index (χ1) is 13.4. The number of ether oxygens (including phenoxy) is 1. The number of hydrogen-bond acceptors (Lipinski definition) is 5. The van der Waals surface area contributed by atoms with E-state index in [1.165, 1.54) is 0 Å². The molecule has 150 valence electrons. The van der Waals surface area contributed by atoms with Crippen LogP contribution in [0.25, 0.3) is 0 Å². The molecule has 0 spiro atoms. The van der Waals surface area contributed by atoms with E-state index in [1.54, 1.807) is 57.8 Å².